The minimum absolute atomic E-state index is 0.226. The molecular weight excluding hydrogens is 349 g/mol. The second-order valence-electron chi connectivity index (χ2n) is 4.29. The zero-order valence-corrected chi connectivity index (χ0v) is 13.8. The Hall–Kier alpha value is -0.500. The molecule has 1 N–H and O–H groups in total. The van der Waals surface area contributed by atoms with Gasteiger partial charge in [0.05, 0.1) is 0 Å². The monoisotopic (exact) mass is 367 g/mol. The molecule has 0 heterocycles. The van der Waals surface area contributed by atoms with Gasteiger partial charge in [-0.2, -0.15) is 0 Å². The van der Waals surface area contributed by atoms with Gasteiger partial charge in [0.15, 0.2) is 0 Å². The van der Waals surface area contributed by atoms with Gasteiger partial charge in [0.25, 0.3) is 0 Å². The number of hydrogen-bond donors (Lipinski definition) is 1. The van der Waals surface area contributed by atoms with E-state index in [4.69, 9.17) is 4.74 Å². The molecule has 0 saturated carbocycles. The average Bonchev–Trinajstić information content (AvgIpc) is 2.37. The molecule has 0 atom stereocenters. The summed E-state index contributed by atoms with van der Waals surface area (Å²) in [6.45, 7) is 3.48. The van der Waals surface area contributed by atoms with E-state index in [1.165, 1.54) is 12.1 Å². The van der Waals surface area contributed by atoms with Crippen molar-refractivity contribution in [3.8, 4) is 0 Å². The van der Waals surface area contributed by atoms with Crippen LogP contribution in [0.25, 0.3) is 0 Å². The molecule has 0 aliphatic rings. The maximum Gasteiger partial charge on any atom is 0.243 e. The lowest BCUT2D eigenvalue weighted by atomic mass is 10.3. The van der Waals surface area contributed by atoms with E-state index in [9.17, 15) is 12.8 Å². The highest BCUT2D eigenvalue weighted by molar-refractivity contribution is 9.10. The Morgan fingerprint density at radius 1 is 1.30 bits per heavy atom. The zero-order chi connectivity index (χ0) is 15.0. The molecule has 0 aliphatic heterocycles. The van der Waals surface area contributed by atoms with E-state index in [1.807, 2.05) is 0 Å². The van der Waals surface area contributed by atoms with E-state index >= 15 is 0 Å². The Morgan fingerprint density at radius 3 is 2.65 bits per heavy atom. The predicted octanol–water partition coefficient (Wildman–Crippen LogP) is 3.07. The molecule has 0 aliphatic carbocycles. The third-order valence-electron chi connectivity index (χ3n) is 2.58. The van der Waals surface area contributed by atoms with Gasteiger partial charge in [0, 0.05) is 24.2 Å². The van der Waals surface area contributed by atoms with Crippen LogP contribution in [0, 0.1) is 5.82 Å². The van der Waals surface area contributed by atoms with Crippen molar-refractivity contribution in [2.24, 2.45) is 0 Å². The first-order chi connectivity index (χ1) is 9.47. The Labute approximate surface area is 127 Å². The normalized spacial score (nSPS) is 11.8. The van der Waals surface area contributed by atoms with Crippen LogP contribution in [0.5, 0.6) is 0 Å². The number of hydrogen-bond acceptors (Lipinski definition) is 3. The summed E-state index contributed by atoms with van der Waals surface area (Å²) >= 11 is 3.09. The minimum atomic E-state index is -3.81. The van der Waals surface area contributed by atoms with Gasteiger partial charge >= 0.3 is 0 Å². The van der Waals surface area contributed by atoms with Crippen molar-refractivity contribution in [3.63, 3.8) is 0 Å². The topological polar surface area (TPSA) is 55.4 Å². The highest BCUT2D eigenvalue weighted by Gasteiger charge is 2.18. The Bertz CT molecular complexity index is 522. The van der Waals surface area contributed by atoms with Crippen LogP contribution in [0.1, 0.15) is 26.2 Å². The molecule has 20 heavy (non-hydrogen) atoms. The van der Waals surface area contributed by atoms with Crippen LogP contribution in [0.3, 0.4) is 0 Å². The molecule has 0 saturated heterocycles. The SMILES string of the molecule is CCCCOCCCNS(=O)(=O)c1ccc(Br)cc1F. The van der Waals surface area contributed by atoms with E-state index in [1.54, 1.807) is 0 Å². The first-order valence-corrected chi connectivity index (χ1v) is 8.77. The van der Waals surface area contributed by atoms with Gasteiger partial charge in [0.1, 0.15) is 10.7 Å². The fraction of sp³-hybridized carbons (Fsp3) is 0.538. The summed E-state index contributed by atoms with van der Waals surface area (Å²) in [6.07, 6.45) is 2.62. The largest absolute Gasteiger partial charge is 0.381 e. The van der Waals surface area contributed by atoms with E-state index in [0.29, 0.717) is 24.1 Å². The maximum absolute atomic E-state index is 13.6. The second kappa shape index (κ2) is 8.71. The summed E-state index contributed by atoms with van der Waals surface area (Å²) in [6, 6.07) is 3.85. The lowest BCUT2D eigenvalue weighted by molar-refractivity contribution is 0.130. The van der Waals surface area contributed by atoms with Crippen molar-refractivity contribution in [1.82, 2.24) is 4.72 Å². The second-order valence-corrected chi connectivity index (χ2v) is 6.94. The first kappa shape index (κ1) is 17.6. The lowest BCUT2D eigenvalue weighted by Crippen LogP contribution is -2.26. The molecule has 0 aromatic heterocycles. The highest BCUT2D eigenvalue weighted by atomic mass is 79.9. The number of benzene rings is 1. The molecule has 1 aromatic carbocycles. The van der Waals surface area contributed by atoms with Crippen LogP contribution in [-0.4, -0.2) is 28.2 Å². The van der Waals surface area contributed by atoms with Gasteiger partial charge in [-0.1, -0.05) is 29.3 Å². The summed E-state index contributed by atoms with van der Waals surface area (Å²) < 4.78 is 45.6. The number of halogens is 2. The molecule has 0 radical (unpaired) electrons. The predicted molar refractivity (Wildman–Crippen MR) is 79.6 cm³/mol. The van der Waals surface area contributed by atoms with Gasteiger partial charge < -0.3 is 4.74 Å². The molecule has 114 valence electrons. The van der Waals surface area contributed by atoms with Gasteiger partial charge in [-0.25, -0.2) is 17.5 Å². The first-order valence-electron chi connectivity index (χ1n) is 6.50. The molecule has 1 rings (SSSR count). The molecule has 0 unspecified atom stereocenters. The number of unbranched alkanes of at least 4 members (excludes halogenated alkanes) is 1. The highest BCUT2D eigenvalue weighted by Crippen LogP contribution is 2.19. The van der Waals surface area contributed by atoms with Crippen molar-refractivity contribution in [1.29, 1.82) is 0 Å². The molecule has 0 bridgehead atoms. The van der Waals surface area contributed by atoms with Gasteiger partial charge in [-0.15, -0.1) is 0 Å². The molecule has 7 heteroatoms. The van der Waals surface area contributed by atoms with E-state index < -0.39 is 15.8 Å². The zero-order valence-electron chi connectivity index (χ0n) is 11.4. The van der Waals surface area contributed by atoms with Crippen LogP contribution in [0.4, 0.5) is 4.39 Å². The van der Waals surface area contributed by atoms with Crippen molar-refractivity contribution < 1.29 is 17.5 Å². The van der Waals surface area contributed by atoms with E-state index in [-0.39, 0.29) is 11.4 Å². The fourth-order valence-corrected chi connectivity index (χ4v) is 2.96. The van der Waals surface area contributed by atoms with Crippen molar-refractivity contribution in [3.05, 3.63) is 28.5 Å². The van der Waals surface area contributed by atoms with Gasteiger partial charge in [0.2, 0.25) is 10.0 Å². The number of ether oxygens (including phenoxy) is 1. The summed E-state index contributed by atoms with van der Waals surface area (Å²) in [5, 5.41) is 0. The Balaban J connectivity index is 2.42. The molecule has 0 spiro atoms. The quantitative estimate of drug-likeness (QED) is 0.682. The van der Waals surface area contributed by atoms with Gasteiger partial charge in [-0.3, -0.25) is 0 Å². The van der Waals surface area contributed by atoms with Crippen molar-refractivity contribution >= 4 is 26.0 Å². The fourth-order valence-electron chi connectivity index (χ4n) is 1.50. The van der Waals surface area contributed by atoms with Gasteiger partial charge in [-0.05, 0) is 31.0 Å². The third kappa shape index (κ3) is 5.87. The van der Waals surface area contributed by atoms with Crippen LogP contribution >= 0.6 is 15.9 Å². The number of nitrogens with one attached hydrogen (secondary N) is 1. The molecular formula is C13H19BrFNO3S. The van der Waals surface area contributed by atoms with Crippen molar-refractivity contribution in [2.75, 3.05) is 19.8 Å². The summed E-state index contributed by atoms with van der Waals surface area (Å²) in [4.78, 5) is -0.340. The Kier molecular flexibility index (Phi) is 7.65. The van der Waals surface area contributed by atoms with Crippen LogP contribution < -0.4 is 4.72 Å². The van der Waals surface area contributed by atoms with Crippen LogP contribution in [0.2, 0.25) is 0 Å². The molecule has 4 nitrogen and oxygen atoms in total. The van der Waals surface area contributed by atoms with Crippen molar-refractivity contribution in [2.45, 2.75) is 31.1 Å². The molecule has 0 fully saturated rings. The van der Waals surface area contributed by atoms with E-state index in [0.717, 1.165) is 18.9 Å². The minimum Gasteiger partial charge on any atom is -0.381 e. The summed E-state index contributed by atoms with van der Waals surface area (Å²) in [5.74, 6) is -0.772. The standard InChI is InChI=1S/C13H19BrFNO3S/c1-2-3-8-19-9-4-7-16-20(17,18)13-6-5-11(14)10-12(13)15/h5-6,10,16H,2-4,7-9H2,1H3. The average molecular weight is 368 g/mol. The van der Waals surface area contributed by atoms with Crippen LogP contribution in [-0.2, 0) is 14.8 Å². The lowest BCUT2D eigenvalue weighted by Gasteiger charge is -2.08. The maximum atomic E-state index is 13.6. The summed E-state index contributed by atoms with van der Waals surface area (Å²) in [7, 11) is -3.81. The number of rotatable bonds is 9. The van der Waals surface area contributed by atoms with E-state index in [2.05, 4.69) is 27.6 Å². The Morgan fingerprint density at radius 2 is 2.00 bits per heavy atom. The number of sulfonamides is 1. The third-order valence-corrected chi connectivity index (χ3v) is 4.57. The van der Waals surface area contributed by atoms with Crippen LogP contribution in [0.15, 0.2) is 27.6 Å². The smallest absolute Gasteiger partial charge is 0.243 e. The molecule has 1 aromatic rings. The molecule has 0 amide bonds. The summed E-state index contributed by atoms with van der Waals surface area (Å²) in [5.41, 5.74) is 0.